The number of benzene rings is 1. The predicted octanol–water partition coefficient (Wildman–Crippen LogP) is 0.105. The Morgan fingerprint density at radius 2 is 1.79 bits per heavy atom. The van der Waals surface area contributed by atoms with Crippen LogP contribution in [0.4, 0.5) is 15.3 Å². The Kier molecular flexibility index (Phi) is 4.95. The number of hydrogen-bond donors (Lipinski definition) is 1. The van der Waals surface area contributed by atoms with Crippen LogP contribution in [-0.4, -0.2) is 91.9 Å². The maximum absolute atomic E-state index is 12.5. The molecular weight excluding hydrogens is 366 g/mol. The van der Waals surface area contributed by atoms with E-state index in [2.05, 4.69) is 10.2 Å². The van der Waals surface area contributed by atoms with Gasteiger partial charge in [0.1, 0.15) is 11.8 Å². The maximum atomic E-state index is 12.5. The van der Waals surface area contributed by atoms with Gasteiger partial charge in [0.05, 0.1) is 7.11 Å². The molecule has 4 amide bonds. The molecule has 1 aromatic rings. The second kappa shape index (κ2) is 7.55. The number of urea groups is 1. The fraction of sp³-hybridized carbons (Fsp3) is 0.500. The highest BCUT2D eigenvalue weighted by Gasteiger charge is 2.49. The topological polar surface area (TPSA) is 94.7 Å². The molecule has 0 aliphatic carbocycles. The summed E-state index contributed by atoms with van der Waals surface area (Å²) in [5.74, 6) is 0.292. The Hall–Kier alpha value is -3.01. The van der Waals surface area contributed by atoms with Crippen molar-refractivity contribution in [3.63, 3.8) is 0 Å². The quantitative estimate of drug-likeness (QED) is 0.733. The van der Waals surface area contributed by atoms with Gasteiger partial charge >= 0.3 is 12.1 Å². The zero-order chi connectivity index (χ0) is 19.7. The van der Waals surface area contributed by atoms with Crippen LogP contribution in [0.2, 0.25) is 0 Å². The van der Waals surface area contributed by atoms with Gasteiger partial charge in [0.15, 0.2) is 0 Å². The summed E-state index contributed by atoms with van der Waals surface area (Å²) < 4.78 is 5.17. The Morgan fingerprint density at radius 3 is 2.43 bits per heavy atom. The summed E-state index contributed by atoms with van der Waals surface area (Å²) in [6.07, 6.45) is -0.677. The summed E-state index contributed by atoms with van der Waals surface area (Å²) in [6.45, 7) is 3.54. The van der Waals surface area contributed by atoms with E-state index in [4.69, 9.17) is 9.57 Å². The summed E-state index contributed by atoms with van der Waals surface area (Å²) in [4.78, 5) is 47.4. The molecule has 10 heteroatoms. The number of amides is 4. The molecule has 3 aliphatic heterocycles. The third-order valence-corrected chi connectivity index (χ3v) is 5.29. The van der Waals surface area contributed by atoms with Gasteiger partial charge in [-0.05, 0) is 24.3 Å². The molecule has 3 heterocycles. The van der Waals surface area contributed by atoms with Crippen LogP contribution in [0.5, 0.6) is 5.75 Å². The number of piperazine rings is 2. The zero-order valence-electron chi connectivity index (χ0n) is 15.7. The molecule has 28 heavy (non-hydrogen) atoms. The van der Waals surface area contributed by atoms with Gasteiger partial charge < -0.3 is 29.6 Å². The van der Waals surface area contributed by atoms with E-state index in [0.717, 1.165) is 11.4 Å². The van der Waals surface area contributed by atoms with E-state index in [9.17, 15) is 14.4 Å². The maximum Gasteiger partial charge on any atom is 0.434 e. The zero-order valence-corrected chi connectivity index (χ0v) is 15.7. The minimum absolute atomic E-state index is 0.374. The van der Waals surface area contributed by atoms with E-state index in [1.807, 2.05) is 24.3 Å². The number of imide groups is 1. The van der Waals surface area contributed by atoms with E-state index in [1.165, 1.54) is 9.80 Å². The molecule has 0 bridgehead atoms. The number of hydroxylamine groups is 2. The molecule has 3 saturated heterocycles. The number of anilines is 1. The Labute approximate surface area is 162 Å². The molecule has 10 nitrogen and oxygen atoms in total. The average Bonchev–Trinajstić information content (AvgIpc) is 2.99. The van der Waals surface area contributed by atoms with E-state index >= 15 is 0 Å². The van der Waals surface area contributed by atoms with Crippen molar-refractivity contribution in [1.29, 1.82) is 0 Å². The number of ether oxygens (including phenoxy) is 1. The lowest BCUT2D eigenvalue weighted by molar-refractivity contribution is -0.151. The van der Waals surface area contributed by atoms with E-state index in [-0.39, 0.29) is 0 Å². The summed E-state index contributed by atoms with van der Waals surface area (Å²) in [5.41, 5.74) is 1.04. The van der Waals surface area contributed by atoms with Crippen molar-refractivity contribution in [3.8, 4) is 5.75 Å². The lowest BCUT2D eigenvalue weighted by Crippen LogP contribution is -2.51. The van der Waals surface area contributed by atoms with Crippen LogP contribution >= 0.6 is 0 Å². The molecule has 0 spiro atoms. The molecule has 3 aliphatic rings. The molecule has 0 saturated carbocycles. The Morgan fingerprint density at radius 1 is 1.07 bits per heavy atom. The molecule has 1 unspecified atom stereocenters. The van der Waals surface area contributed by atoms with Gasteiger partial charge in [-0.2, -0.15) is 0 Å². The van der Waals surface area contributed by atoms with Crippen molar-refractivity contribution in [2.24, 2.45) is 0 Å². The van der Waals surface area contributed by atoms with Crippen molar-refractivity contribution in [2.45, 2.75) is 6.04 Å². The van der Waals surface area contributed by atoms with Gasteiger partial charge in [0, 0.05) is 51.5 Å². The van der Waals surface area contributed by atoms with Crippen LogP contribution in [0, 0.1) is 0 Å². The molecule has 150 valence electrons. The van der Waals surface area contributed by atoms with Crippen LogP contribution in [0.1, 0.15) is 0 Å². The Bertz CT molecular complexity index is 738. The van der Waals surface area contributed by atoms with Crippen LogP contribution < -0.4 is 15.0 Å². The molecule has 1 atom stereocenters. The fourth-order valence-corrected chi connectivity index (χ4v) is 3.66. The standard InChI is InChI=1S/C18H23N5O5/c1-27-14-4-2-13(3-5-14)20-8-10-21(11-9-20)18(26)28-23-16(24)15-12-19-6-7-22(15)17(23)25/h2-5,15,19H,6-12H2,1H3. The van der Waals surface area contributed by atoms with Crippen molar-refractivity contribution in [3.05, 3.63) is 24.3 Å². The second-order valence-corrected chi connectivity index (χ2v) is 6.86. The van der Waals surface area contributed by atoms with Gasteiger partial charge in [0.2, 0.25) is 0 Å². The highest BCUT2D eigenvalue weighted by molar-refractivity contribution is 6.04. The molecule has 1 N–H and O–H groups in total. The normalized spacial score (nSPS) is 22.4. The SMILES string of the molecule is COc1ccc(N2CCN(C(=O)ON3C(=O)C4CNCCN4C3=O)CC2)cc1. The van der Waals surface area contributed by atoms with E-state index < -0.39 is 24.1 Å². The first-order valence-electron chi connectivity index (χ1n) is 9.29. The summed E-state index contributed by atoms with van der Waals surface area (Å²) >= 11 is 0. The van der Waals surface area contributed by atoms with E-state index in [1.54, 1.807) is 7.11 Å². The summed E-state index contributed by atoms with van der Waals surface area (Å²) in [6, 6.07) is 6.56. The first-order valence-corrected chi connectivity index (χ1v) is 9.29. The van der Waals surface area contributed by atoms with Crippen LogP contribution in [0.15, 0.2) is 24.3 Å². The smallest absolute Gasteiger partial charge is 0.434 e. The highest BCUT2D eigenvalue weighted by atomic mass is 16.7. The van der Waals surface area contributed by atoms with Gasteiger partial charge in [-0.15, -0.1) is 0 Å². The molecule has 0 aromatic heterocycles. The summed E-state index contributed by atoms with van der Waals surface area (Å²) in [7, 11) is 1.62. The number of rotatable bonds is 3. The Balaban J connectivity index is 1.32. The third-order valence-electron chi connectivity index (χ3n) is 5.29. The first-order chi connectivity index (χ1) is 13.6. The second-order valence-electron chi connectivity index (χ2n) is 6.86. The van der Waals surface area contributed by atoms with Gasteiger partial charge in [-0.1, -0.05) is 5.06 Å². The first kappa shape index (κ1) is 18.4. The van der Waals surface area contributed by atoms with E-state index in [0.29, 0.717) is 50.9 Å². The number of nitrogens with zero attached hydrogens (tertiary/aromatic N) is 4. The predicted molar refractivity (Wildman–Crippen MR) is 98.9 cm³/mol. The van der Waals surface area contributed by atoms with Crippen molar-refractivity contribution < 1.29 is 24.0 Å². The van der Waals surface area contributed by atoms with Gasteiger partial charge in [0.25, 0.3) is 5.91 Å². The molecule has 1 aromatic carbocycles. The van der Waals surface area contributed by atoms with Crippen LogP contribution in [0.25, 0.3) is 0 Å². The third kappa shape index (κ3) is 3.31. The molecule has 0 radical (unpaired) electrons. The average molecular weight is 389 g/mol. The lowest BCUT2D eigenvalue weighted by atomic mass is 10.2. The fourth-order valence-electron chi connectivity index (χ4n) is 3.66. The van der Waals surface area contributed by atoms with Crippen molar-refractivity contribution in [1.82, 2.24) is 20.2 Å². The van der Waals surface area contributed by atoms with Gasteiger partial charge in [-0.3, -0.25) is 4.79 Å². The van der Waals surface area contributed by atoms with Crippen molar-refractivity contribution >= 4 is 23.7 Å². The van der Waals surface area contributed by atoms with Gasteiger partial charge in [-0.25, -0.2) is 9.59 Å². The number of carbonyl (C=O) groups is 3. The minimum atomic E-state index is -0.677. The van der Waals surface area contributed by atoms with Crippen LogP contribution in [0.3, 0.4) is 0 Å². The number of hydrogen-bond acceptors (Lipinski definition) is 7. The number of nitrogens with one attached hydrogen (secondary N) is 1. The van der Waals surface area contributed by atoms with Crippen molar-refractivity contribution in [2.75, 3.05) is 57.8 Å². The number of fused-ring (bicyclic) bond motifs is 1. The monoisotopic (exact) mass is 389 g/mol. The molecule has 4 rings (SSSR count). The largest absolute Gasteiger partial charge is 0.497 e. The minimum Gasteiger partial charge on any atom is -0.497 e. The highest BCUT2D eigenvalue weighted by Crippen LogP contribution is 2.22. The molecule has 3 fully saturated rings. The molecular formula is C18H23N5O5. The van der Waals surface area contributed by atoms with Crippen LogP contribution in [-0.2, 0) is 9.63 Å². The number of carbonyl (C=O) groups excluding carboxylic acids is 3. The summed E-state index contributed by atoms with van der Waals surface area (Å²) in [5, 5.41) is 3.67. The number of methoxy groups -OCH3 is 1. The lowest BCUT2D eigenvalue weighted by Gasteiger charge is -2.35.